The summed E-state index contributed by atoms with van der Waals surface area (Å²) in [7, 11) is 0. The van der Waals surface area contributed by atoms with Crippen LogP contribution in [0.1, 0.15) is 21.5 Å². The van der Waals surface area contributed by atoms with Gasteiger partial charge in [0.25, 0.3) is 5.91 Å². The largest absolute Gasteiger partial charge is 0.348 e. The molecule has 2 aromatic heterocycles. The second kappa shape index (κ2) is 7.55. The lowest BCUT2D eigenvalue weighted by Gasteiger charge is -2.09. The summed E-state index contributed by atoms with van der Waals surface area (Å²) in [4.78, 5) is 16.5. The zero-order chi connectivity index (χ0) is 22.4. The van der Waals surface area contributed by atoms with E-state index in [9.17, 15) is 18.8 Å². The van der Waals surface area contributed by atoms with E-state index in [2.05, 4.69) is 15.4 Å². The van der Waals surface area contributed by atoms with E-state index >= 15 is 0 Å². The van der Waals surface area contributed by atoms with Gasteiger partial charge in [-0.3, -0.25) is 9.78 Å². The van der Waals surface area contributed by atoms with Gasteiger partial charge in [-0.2, -0.15) is 10.4 Å². The molecule has 0 atom stereocenters. The predicted octanol–water partition coefficient (Wildman–Crippen LogP) is 4.65. The Kier molecular flexibility index (Phi) is 4.68. The Balaban J connectivity index is 1.76. The molecule has 2 aromatic carbocycles. The van der Waals surface area contributed by atoms with Gasteiger partial charge >= 0.3 is 0 Å². The molecule has 156 valence electrons. The molecular formula is C23H12ClF2N5O. The van der Waals surface area contributed by atoms with Gasteiger partial charge in [0.2, 0.25) is 0 Å². The van der Waals surface area contributed by atoms with E-state index in [0.29, 0.717) is 46.0 Å². The minimum Gasteiger partial charge on any atom is -0.348 e. The summed E-state index contributed by atoms with van der Waals surface area (Å²) in [6.07, 6.45) is 1.52. The monoisotopic (exact) mass is 447 g/mol. The Hall–Kier alpha value is -4.09. The molecular weight excluding hydrogens is 436 g/mol. The SMILES string of the molecule is N#Cc1cc(-n2nc(-c3nccc4c3CNC4=O)cc2-c2cc(F)cc(Cl)c2)ccc1F. The normalized spacial score (nSPS) is 12.4. The standard InChI is InChI=1S/C23H12ClF2N5O/c24-14-5-12(6-15(25)8-14)21-9-20(22-18-11-29-23(32)17(18)3-4-28-22)30-31(21)16-1-2-19(26)13(7-16)10-27/h1-9H,11H2,(H,29,32). The molecule has 0 unspecified atom stereocenters. The van der Waals surface area contributed by atoms with E-state index in [1.807, 2.05) is 0 Å². The van der Waals surface area contributed by atoms with E-state index in [1.165, 1.54) is 41.2 Å². The summed E-state index contributed by atoms with van der Waals surface area (Å²) in [5, 5.41) is 16.8. The van der Waals surface area contributed by atoms with Gasteiger partial charge in [-0.05, 0) is 48.5 Å². The lowest BCUT2D eigenvalue weighted by atomic mass is 10.1. The van der Waals surface area contributed by atoms with Crippen LogP contribution in [0.4, 0.5) is 8.78 Å². The molecule has 0 saturated carbocycles. The molecule has 1 amide bonds. The first-order valence-electron chi connectivity index (χ1n) is 9.47. The molecule has 0 bridgehead atoms. The summed E-state index contributed by atoms with van der Waals surface area (Å²) in [5.74, 6) is -1.39. The summed E-state index contributed by atoms with van der Waals surface area (Å²) < 4.78 is 29.5. The fourth-order valence-electron chi connectivity index (χ4n) is 3.70. The van der Waals surface area contributed by atoms with Crippen molar-refractivity contribution in [3.63, 3.8) is 0 Å². The maximum Gasteiger partial charge on any atom is 0.252 e. The van der Waals surface area contributed by atoms with Crippen LogP contribution in [-0.2, 0) is 6.54 Å². The minimum absolute atomic E-state index is 0.156. The highest BCUT2D eigenvalue weighted by Gasteiger charge is 2.25. The van der Waals surface area contributed by atoms with E-state index in [-0.39, 0.29) is 16.5 Å². The molecule has 5 rings (SSSR count). The number of nitriles is 1. The Morgan fingerprint density at radius 2 is 1.97 bits per heavy atom. The first kappa shape index (κ1) is 19.8. The van der Waals surface area contributed by atoms with Crippen LogP contribution in [0.25, 0.3) is 28.3 Å². The number of fused-ring (bicyclic) bond motifs is 1. The Labute approximate surface area is 185 Å². The van der Waals surface area contributed by atoms with Crippen molar-refractivity contribution in [3.05, 3.63) is 88.1 Å². The predicted molar refractivity (Wildman–Crippen MR) is 113 cm³/mol. The average molecular weight is 448 g/mol. The van der Waals surface area contributed by atoms with E-state index in [0.717, 1.165) is 0 Å². The molecule has 32 heavy (non-hydrogen) atoms. The smallest absolute Gasteiger partial charge is 0.252 e. The molecule has 0 saturated heterocycles. The number of nitrogens with one attached hydrogen (secondary N) is 1. The highest BCUT2D eigenvalue weighted by Crippen LogP contribution is 2.33. The average Bonchev–Trinajstić information content (AvgIpc) is 3.38. The third kappa shape index (κ3) is 3.29. The Bertz CT molecular complexity index is 1440. The molecule has 1 aliphatic heterocycles. The topological polar surface area (TPSA) is 83.6 Å². The highest BCUT2D eigenvalue weighted by atomic mass is 35.5. The van der Waals surface area contributed by atoms with Crippen molar-refractivity contribution in [1.29, 1.82) is 5.26 Å². The van der Waals surface area contributed by atoms with Crippen LogP contribution in [0.2, 0.25) is 5.02 Å². The number of benzene rings is 2. The van der Waals surface area contributed by atoms with E-state index < -0.39 is 11.6 Å². The van der Waals surface area contributed by atoms with E-state index in [4.69, 9.17) is 11.6 Å². The van der Waals surface area contributed by atoms with Crippen molar-refractivity contribution in [2.24, 2.45) is 0 Å². The van der Waals surface area contributed by atoms with Crippen molar-refractivity contribution >= 4 is 17.5 Å². The highest BCUT2D eigenvalue weighted by molar-refractivity contribution is 6.30. The molecule has 0 radical (unpaired) electrons. The van der Waals surface area contributed by atoms with Crippen molar-refractivity contribution in [2.45, 2.75) is 6.54 Å². The number of amides is 1. The Morgan fingerprint density at radius 1 is 1.12 bits per heavy atom. The van der Waals surface area contributed by atoms with Crippen molar-refractivity contribution < 1.29 is 13.6 Å². The van der Waals surface area contributed by atoms with Gasteiger partial charge in [0.05, 0.1) is 22.6 Å². The molecule has 0 spiro atoms. The van der Waals surface area contributed by atoms with Crippen LogP contribution in [0.15, 0.2) is 54.7 Å². The number of rotatable bonds is 3. The van der Waals surface area contributed by atoms with Gasteiger partial charge in [-0.15, -0.1) is 0 Å². The second-order valence-electron chi connectivity index (χ2n) is 7.13. The molecule has 4 aromatic rings. The number of nitrogens with zero attached hydrogens (tertiary/aromatic N) is 4. The Morgan fingerprint density at radius 3 is 2.75 bits per heavy atom. The lowest BCUT2D eigenvalue weighted by Crippen LogP contribution is -2.12. The van der Waals surface area contributed by atoms with Gasteiger partial charge in [-0.1, -0.05) is 11.6 Å². The summed E-state index contributed by atoms with van der Waals surface area (Å²) >= 11 is 6.06. The first-order chi connectivity index (χ1) is 15.4. The molecule has 6 nitrogen and oxygen atoms in total. The van der Waals surface area contributed by atoms with E-state index in [1.54, 1.807) is 24.3 Å². The molecule has 3 heterocycles. The molecule has 0 fully saturated rings. The lowest BCUT2D eigenvalue weighted by molar-refractivity contribution is 0.0965. The van der Waals surface area contributed by atoms with Crippen LogP contribution in [-0.4, -0.2) is 20.7 Å². The minimum atomic E-state index is -0.661. The maximum absolute atomic E-state index is 14.1. The third-order valence-electron chi connectivity index (χ3n) is 5.15. The number of hydrogen-bond donors (Lipinski definition) is 1. The molecule has 1 aliphatic rings. The fourth-order valence-corrected chi connectivity index (χ4v) is 3.92. The van der Waals surface area contributed by atoms with Crippen LogP contribution in [0.3, 0.4) is 0 Å². The number of hydrogen-bond acceptors (Lipinski definition) is 4. The maximum atomic E-state index is 14.1. The van der Waals surface area contributed by atoms with Gasteiger partial charge in [-0.25, -0.2) is 13.5 Å². The molecule has 0 aliphatic carbocycles. The number of halogens is 3. The number of pyridine rings is 1. The summed E-state index contributed by atoms with van der Waals surface area (Å²) in [6, 6.07) is 13.2. The molecule has 9 heteroatoms. The number of aromatic nitrogens is 3. The van der Waals surface area contributed by atoms with Crippen LogP contribution >= 0.6 is 11.6 Å². The van der Waals surface area contributed by atoms with Crippen LogP contribution in [0, 0.1) is 23.0 Å². The van der Waals surface area contributed by atoms with Gasteiger partial charge < -0.3 is 5.32 Å². The van der Waals surface area contributed by atoms with Gasteiger partial charge in [0, 0.05) is 34.5 Å². The van der Waals surface area contributed by atoms with Gasteiger partial charge in [0.15, 0.2) is 0 Å². The number of carbonyl (C=O) groups is 1. The van der Waals surface area contributed by atoms with Crippen molar-refractivity contribution in [2.75, 3.05) is 0 Å². The van der Waals surface area contributed by atoms with Crippen molar-refractivity contribution in [3.8, 4) is 34.4 Å². The summed E-state index contributed by atoms with van der Waals surface area (Å²) in [6.45, 7) is 0.306. The second-order valence-corrected chi connectivity index (χ2v) is 7.57. The molecule has 1 N–H and O–H groups in total. The first-order valence-corrected chi connectivity index (χ1v) is 9.85. The van der Waals surface area contributed by atoms with Crippen LogP contribution < -0.4 is 5.32 Å². The fraction of sp³-hybridized carbons (Fsp3) is 0.0435. The van der Waals surface area contributed by atoms with Gasteiger partial charge in [0.1, 0.15) is 23.4 Å². The zero-order valence-electron chi connectivity index (χ0n) is 16.2. The third-order valence-corrected chi connectivity index (χ3v) is 5.37. The zero-order valence-corrected chi connectivity index (χ0v) is 17.0. The quantitative estimate of drug-likeness (QED) is 0.495. The van der Waals surface area contributed by atoms with Crippen LogP contribution in [0.5, 0.6) is 0 Å². The number of carbonyl (C=O) groups excluding carboxylic acids is 1. The van der Waals surface area contributed by atoms with Crippen molar-refractivity contribution in [1.82, 2.24) is 20.1 Å². The summed E-state index contributed by atoms with van der Waals surface area (Å²) in [5.41, 5.74) is 3.24.